The van der Waals surface area contributed by atoms with E-state index in [1.54, 1.807) is 7.11 Å². The topological polar surface area (TPSA) is 54.0 Å². The summed E-state index contributed by atoms with van der Waals surface area (Å²) in [5, 5.41) is 2.95. The van der Waals surface area contributed by atoms with Gasteiger partial charge >= 0.3 is 0 Å². The second-order valence-corrected chi connectivity index (χ2v) is 7.24. The summed E-state index contributed by atoms with van der Waals surface area (Å²) in [7, 11) is 3.54. The lowest BCUT2D eigenvalue weighted by molar-refractivity contribution is -0.117. The van der Waals surface area contributed by atoms with Gasteiger partial charge in [0, 0.05) is 30.5 Å². The summed E-state index contributed by atoms with van der Waals surface area (Å²) in [6.45, 7) is 8.91. The third-order valence-electron chi connectivity index (χ3n) is 4.66. The molecule has 6 nitrogen and oxygen atoms in total. The largest absolute Gasteiger partial charge is 0.497 e. The van der Waals surface area contributed by atoms with Crippen LogP contribution in [0.15, 0.2) is 48.5 Å². The molecule has 0 aliphatic rings. The minimum Gasteiger partial charge on any atom is -0.497 e. The number of carbonyl (C=O) groups excluding carboxylic acids is 1. The van der Waals surface area contributed by atoms with Gasteiger partial charge in [0.1, 0.15) is 18.1 Å². The van der Waals surface area contributed by atoms with Crippen LogP contribution < -0.4 is 19.7 Å². The maximum Gasteiger partial charge on any atom is 0.238 e. The average molecular weight is 400 g/mol. The number of hydrogen-bond acceptors (Lipinski definition) is 5. The van der Waals surface area contributed by atoms with E-state index in [0.717, 1.165) is 29.4 Å². The average Bonchev–Trinajstić information content (AvgIpc) is 2.70. The first-order chi connectivity index (χ1) is 13.9. The molecule has 2 rings (SSSR count). The van der Waals surface area contributed by atoms with E-state index in [2.05, 4.69) is 31.0 Å². The molecule has 6 heteroatoms. The van der Waals surface area contributed by atoms with Crippen molar-refractivity contribution in [2.24, 2.45) is 0 Å². The van der Waals surface area contributed by atoms with E-state index in [9.17, 15) is 4.79 Å². The first kappa shape index (κ1) is 22.6. The summed E-state index contributed by atoms with van der Waals surface area (Å²) < 4.78 is 10.8. The second-order valence-electron chi connectivity index (χ2n) is 7.24. The zero-order valence-electron chi connectivity index (χ0n) is 18.1. The van der Waals surface area contributed by atoms with Gasteiger partial charge in [-0.3, -0.25) is 9.69 Å². The van der Waals surface area contributed by atoms with Crippen LogP contribution in [-0.2, 0) is 4.79 Å². The van der Waals surface area contributed by atoms with Crippen LogP contribution in [0.3, 0.4) is 0 Å². The Hall–Kier alpha value is -2.73. The number of likely N-dealkylation sites (N-methyl/N-ethyl adjacent to an activating group) is 1. The molecule has 0 spiro atoms. The number of methoxy groups -OCH3 is 1. The van der Waals surface area contributed by atoms with Gasteiger partial charge in [-0.25, -0.2) is 0 Å². The van der Waals surface area contributed by atoms with Gasteiger partial charge in [0.2, 0.25) is 5.91 Å². The van der Waals surface area contributed by atoms with Crippen molar-refractivity contribution in [1.82, 2.24) is 4.90 Å². The van der Waals surface area contributed by atoms with Gasteiger partial charge in [-0.05, 0) is 76.3 Å². The molecule has 2 aromatic rings. The van der Waals surface area contributed by atoms with Gasteiger partial charge in [0.15, 0.2) is 0 Å². The number of nitrogens with zero attached hydrogens (tertiary/aromatic N) is 2. The standard InChI is InChI=1S/C23H33N3O3/c1-6-26(18(2)3)20-9-7-19(8-10-20)24-23(27)17-25(4)15-16-29-22-13-11-21(28-5)12-14-22/h7-14,18H,6,15-17H2,1-5H3,(H,24,27). The van der Waals surface area contributed by atoms with E-state index in [0.29, 0.717) is 25.7 Å². The number of anilines is 2. The van der Waals surface area contributed by atoms with Crippen molar-refractivity contribution in [3.63, 3.8) is 0 Å². The number of amides is 1. The van der Waals surface area contributed by atoms with Crippen molar-refractivity contribution in [3.05, 3.63) is 48.5 Å². The molecule has 0 saturated carbocycles. The molecule has 1 N–H and O–H groups in total. The monoisotopic (exact) mass is 399 g/mol. The summed E-state index contributed by atoms with van der Waals surface area (Å²) in [5.74, 6) is 1.54. The Balaban J connectivity index is 1.74. The number of nitrogens with one attached hydrogen (secondary N) is 1. The fourth-order valence-corrected chi connectivity index (χ4v) is 3.10. The SMILES string of the molecule is CCN(c1ccc(NC(=O)CN(C)CCOc2ccc(OC)cc2)cc1)C(C)C. The predicted octanol–water partition coefficient (Wildman–Crippen LogP) is 3.88. The molecule has 0 aliphatic heterocycles. The Bertz CT molecular complexity index is 745. The normalized spacial score (nSPS) is 10.9. The van der Waals surface area contributed by atoms with E-state index in [1.165, 1.54) is 0 Å². The Morgan fingerprint density at radius 1 is 1.03 bits per heavy atom. The fourth-order valence-electron chi connectivity index (χ4n) is 3.10. The van der Waals surface area contributed by atoms with Crippen LogP contribution in [0.5, 0.6) is 11.5 Å². The summed E-state index contributed by atoms with van der Waals surface area (Å²) in [5.41, 5.74) is 1.97. The molecule has 29 heavy (non-hydrogen) atoms. The highest BCUT2D eigenvalue weighted by molar-refractivity contribution is 5.92. The van der Waals surface area contributed by atoms with Gasteiger partial charge in [-0.2, -0.15) is 0 Å². The van der Waals surface area contributed by atoms with Crippen LogP contribution in [0.1, 0.15) is 20.8 Å². The molecule has 2 aromatic carbocycles. The molecule has 0 fully saturated rings. The molecule has 0 saturated heterocycles. The van der Waals surface area contributed by atoms with Crippen LogP contribution in [-0.4, -0.2) is 57.2 Å². The van der Waals surface area contributed by atoms with Gasteiger partial charge in [-0.15, -0.1) is 0 Å². The second kappa shape index (κ2) is 11.3. The molecule has 0 radical (unpaired) electrons. The minimum atomic E-state index is -0.0408. The smallest absolute Gasteiger partial charge is 0.238 e. The molecule has 0 aliphatic carbocycles. The number of hydrogen-bond donors (Lipinski definition) is 1. The van der Waals surface area contributed by atoms with Gasteiger partial charge in [0.05, 0.1) is 13.7 Å². The molecule has 0 atom stereocenters. The molecule has 0 bridgehead atoms. The summed E-state index contributed by atoms with van der Waals surface area (Å²) in [6, 6.07) is 15.9. The van der Waals surface area contributed by atoms with Crippen LogP contribution in [0.25, 0.3) is 0 Å². The quantitative estimate of drug-likeness (QED) is 0.621. The summed E-state index contributed by atoms with van der Waals surface area (Å²) in [4.78, 5) is 16.5. The van der Waals surface area contributed by atoms with Crippen LogP contribution in [0, 0.1) is 0 Å². The predicted molar refractivity (Wildman–Crippen MR) is 119 cm³/mol. The van der Waals surface area contributed by atoms with Gasteiger partial charge in [0.25, 0.3) is 0 Å². The molecule has 0 heterocycles. The third kappa shape index (κ3) is 7.31. The number of rotatable bonds is 11. The zero-order valence-corrected chi connectivity index (χ0v) is 18.1. The van der Waals surface area contributed by atoms with E-state index < -0.39 is 0 Å². The fraction of sp³-hybridized carbons (Fsp3) is 0.435. The van der Waals surface area contributed by atoms with E-state index in [-0.39, 0.29) is 5.91 Å². The lowest BCUT2D eigenvalue weighted by Gasteiger charge is -2.27. The van der Waals surface area contributed by atoms with E-state index >= 15 is 0 Å². The van der Waals surface area contributed by atoms with Crippen molar-refractivity contribution in [3.8, 4) is 11.5 Å². The molecule has 1 amide bonds. The van der Waals surface area contributed by atoms with Crippen LogP contribution >= 0.6 is 0 Å². The molecule has 0 unspecified atom stereocenters. The van der Waals surface area contributed by atoms with Crippen molar-refractivity contribution < 1.29 is 14.3 Å². The Labute approximate surface area is 174 Å². The maximum atomic E-state index is 12.3. The zero-order chi connectivity index (χ0) is 21.2. The number of benzene rings is 2. The number of carbonyl (C=O) groups is 1. The summed E-state index contributed by atoms with van der Waals surface area (Å²) >= 11 is 0. The van der Waals surface area contributed by atoms with E-state index in [1.807, 2.05) is 60.5 Å². The lowest BCUT2D eigenvalue weighted by atomic mass is 10.2. The van der Waals surface area contributed by atoms with Crippen LogP contribution in [0.2, 0.25) is 0 Å². The van der Waals surface area contributed by atoms with E-state index in [4.69, 9.17) is 9.47 Å². The first-order valence-corrected chi connectivity index (χ1v) is 10.0. The van der Waals surface area contributed by atoms with Crippen molar-refractivity contribution >= 4 is 17.3 Å². The molecule has 158 valence electrons. The third-order valence-corrected chi connectivity index (χ3v) is 4.66. The van der Waals surface area contributed by atoms with Gasteiger partial charge in [-0.1, -0.05) is 0 Å². The Morgan fingerprint density at radius 3 is 2.21 bits per heavy atom. The molecular formula is C23H33N3O3. The molecular weight excluding hydrogens is 366 g/mol. The molecule has 0 aromatic heterocycles. The van der Waals surface area contributed by atoms with Crippen molar-refractivity contribution in [1.29, 1.82) is 0 Å². The Kier molecular flexibility index (Phi) is 8.80. The highest BCUT2D eigenvalue weighted by atomic mass is 16.5. The Morgan fingerprint density at radius 2 is 1.66 bits per heavy atom. The summed E-state index contributed by atoms with van der Waals surface area (Å²) in [6.07, 6.45) is 0. The van der Waals surface area contributed by atoms with Crippen molar-refractivity contribution in [2.45, 2.75) is 26.8 Å². The first-order valence-electron chi connectivity index (χ1n) is 10.0. The maximum absolute atomic E-state index is 12.3. The highest BCUT2D eigenvalue weighted by Gasteiger charge is 2.10. The van der Waals surface area contributed by atoms with Crippen LogP contribution in [0.4, 0.5) is 11.4 Å². The van der Waals surface area contributed by atoms with Gasteiger partial charge < -0.3 is 19.7 Å². The number of ether oxygens (including phenoxy) is 2. The minimum absolute atomic E-state index is 0.0408. The lowest BCUT2D eigenvalue weighted by Crippen LogP contribution is -2.33. The highest BCUT2D eigenvalue weighted by Crippen LogP contribution is 2.20. The van der Waals surface area contributed by atoms with Crippen molar-refractivity contribution in [2.75, 3.05) is 50.6 Å².